The summed E-state index contributed by atoms with van der Waals surface area (Å²) in [6.45, 7) is -0.411. The Labute approximate surface area is 87.6 Å². The lowest BCUT2D eigenvalue weighted by Gasteiger charge is -2.13. The summed E-state index contributed by atoms with van der Waals surface area (Å²) < 4.78 is 22.7. The van der Waals surface area contributed by atoms with Crippen molar-refractivity contribution in [2.75, 3.05) is 14.2 Å². The number of hydroxylamine groups is 1. The van der Waals surface area contributed by atoms with Crippen LogP contribution in [-0.2, 0) is 13.2 Å². The fraction of sp³-hybridized carbons (Fsp3) is 0.400. The van der Waals surface area contributed by atoms with Crippen LogP contribution in [0.5, 0.6) is 11.5 Å². The van der Waals surface area contributed by atoms with Crippen LogP contribution in [0.4, 0.5) is 4.39 Å². The minimum Gasteiger partial charge on any atom is -0.493 e. The smallest absolute Gasteiger partial charge is 0.165 e. The van der Waals surface area contributed by atoms with E-state index in [0.717, 1.165) is 0 Å². The molecular formula is C10H14FNO3. The normalized spacial score (nSPS) is 10.1. The number of halogens is 1. The summed E-state index contributed by atoms with van der Waals surface area (Å²) in [5.41, 5.74) is 3.13. The molecule has 0 unspecified atom stereocenters. The van der Waals surface area contributed by atoms with Gasteiger partial charge in [-0.2, -0.15) is 0 Å². The second-order valence-corrected chi connectivity index (χ2v) is 2.96. The largest absolute Gasteiger partial charge is 0.493 e. The molecule has 0 amide bonds. The molecule has 1 aromatic rings. The zero-order valence-corrected chi connectivity index (χ0v) is 8.71. The zero-order valence-electron chi connectivity index (χ0n) is 8.71. The maximum Gasteiger partial charge on any atom is 0.165 e. The van der Waals surface area contributed by atoms with Crippen molar-refractivity contribution in [2.45, 2.75) is 13.2 Å². The van der Waals surface area contributed by atoms with E-state index < -0.39 is 6.67 Å². The molecule has 0 saturated carbocycles. The van der Waals surface area contributed by atoms with Crippen LogP contribution >= 0.6 is 0 Å². The number of ether oxygens (including phenoxy) is 2. The highest BCUT2D eigenvalue weighted by Gasteiger charge is 2.11. The summed E-state index contributed by atoms with van der Waals surface area (Å²) in [7, 11) is 2.98. The Kier molecular flexibility index (Phi) is 4.33. The molecule has 0 heterocycles. The summed E-state index contributed by atoms with van der Waals surface area (Å²) in [5.74, 6) is 0.953. The molecule has 0 aliphatic rings. The van der Waals surface area contributed by atoms with Gasteiger partial charge in [0.1, 0.15) is 6.67 Å². The van der Waals surface area contributed by atoms with Crippen LogP contribution in [-0.4, -0.2) is 19.4 Å². The van der Waals surface area contributed by atoms with Gasteiger partial charge in [-0.3, -0.25) is 0 Å². The van der Waals surface area contributed by atoms with E-state index in [1.165, 1.54) is 14.2 Å². The van der Waals surface area contributed by atoms with Gasteiger partial charge in [0.15, 0.2) is 11.5 Å². The van der Waals surface area contributed by atoms with Crippen molar-refractivity contribution in [3.05, 3.63) is 23.3 Å². The van der Waals surface area contributed by atoms with Gasteiger partial charge in [-0.15, -0.1) is 0 Å². The Hall–Kier alpha value is -1.33. The van der Waals surface area contributed by atoms with Crippen molar-refractivity contribution in [2.24, 2.45) is 0 Å². The second kappa shape index (κ2) is 5.53. The van der Waals surface area contributed by atoms with Gasteiger partial charge in [0.05, 0.1) is 14.2 Å². The number of rotatable bonds is 5. The lowest BCUT2D eigenvalue weighted by Crippen LogP contribution is -2.08. The highest BCUT2D eigenvalue weighted by molar-refractivity contribution is 5.49. The molecule has 0 atom stereocenters. The predicted molar refractivity (Wildman–Crippen MR) is 53.0 cm³/mol. The topological polar surface area (TPSA) is 50.7 Å². The Morgan fingerprint density at radius 2 is 2.07 bits per heavy atom. The lowest BCUT2D eigenvalue weighted by atomic mass is 10.1. The van der Waals surface area contributed by atoms with Gasteiger partial charge in [0, 0.05) is 12.1 Å². The summed E-state index contributed by atoms with van der Waals surface area (Å²) in [6.07, 6.45) is 0. The monoisotopic (exact) mass is 215 g/mol. The highest BCUT2D eigenvalue weighted by Crippen LogP contribution is 2.32. The first-order valence-corrected chi connectivity index (χ1v) is 4.43. The van der Waals surface area contributed by atoms with Crippen LogP contribution in [0.2, 0.25) is 0 Å². The van der Waals surface area contributed by atoms with Crippen LogP contribution in [0.1, 0.15) is 11.1 Å². The number of benzene rings is 1. The van der Waals surface area contributed by atoms with Crippen LogP contribution < -0.4 is 15.0 Å². The molecule has 5 heteroatoms. The number of methoxy groups -OCH3 is 2. The van der Waals surface area contributed by atoms with E-state index in [9.17, 15) is 4.39 Å². The van der Waals surface area contributed by atoms with E-state index in [2.05, 4.69) is 0 Å². The molecule has 0 spiro atoms. The van der Waals surface area contributed by atoms with Crippen molar-refractivity contribution >= 4 is 0 Å². The van der Waals surface area contributed by atoms with Crippen molar-refractivity contribution in [1.82, 2.24) is 5.48 Å². The van der Waals surface area contributed by atoms with E-state index in [1.807, 2.05) is 5.48 Å². The number of alkyl halides is 1. The first-order valence-electron chi connectivity index (χ1n) is 4.43. The minimum absolute atomic E-state index is 0.174. The van der Waals surface area contributed by atoms with Crippen molar-refractivity contribution in [3.63, 3.8) is 0 Å². The maximum absolute atomic E-state index is 12.5. The summed E-state index contributed by atoms with van der Waals surface area (Å²) in [5, 5.41) is 8.63. The van der Waals surface area contributed by atoms with Crippen LogP contribution in [0.25, 0.3) is 0 Å². The molecule has 84 valence electrons. The van der Waals surface area contributed by atoms with E-state index in [0.29, 0.717) is 22.6 Å². The fourth-order valence-electron chi connectivity index (χ4n) is 1.40. The third kappa shape index (κ3) is 2.57. The maximum atomic E-state index is 12.5. The van der Waals surface area contributed by atoms with Crippen LogP contribution in [0.3, 0.4) is 0 Å². The number of nitrogens with one attached hydrogen (secondary N) is 1. The summed E-state index contributed by atoms with van der Waals surface area (Å²) in [6, 6.07) is 3.18. The minimum atomic E-state index is -0.585. The average Bonchev–Trinajstić information content (AvgIpc) is 2.28. The summed E-state index contributed by atoms with van der Waals surface area (Å²) in [4.78, 5) is 0. The molecule has 0 fully saturated rings. The summed E-state index contributed by atoms with van der Waals surface area (Å²) >= 11 is 0. The first-order chi connectivity index (χ1) is 7.26. The average molecular weight is 215 g/mol. The molecular weight excluding hydrogens is 201 g/mol. The molecule has 0 aliphatic heterocycles. The van der Waals surface area contributed by atoms with Crippen molar-refractivity contribution < 1.29 is 19.1 Å². The first kappa shape index (κ1) is 11.7. The van der Waals surface area contributed by atoms with Gasteiger partial charge < -0.3 is 14.7 Å². The van der Waals surface area contributed by atoms with Crippen molar-refractivity contribution in [3.8, 4) is 11.5 Å². The molecule has 15 heavy (non-hydrogen) atoms. The number of hydrogen-bond acceptors (Lipinski definition) is 4. The van der Waals surface area contributed by atoms with Gasteiger partial charge in [-0.25, -0.2) is 9.87 Å². The molecule has 0 aliphatic carbocycles. The SMILES string of the molecule is COc1cc(CF)cc(CNO)c1OC. The Morgan fingerprint density at radius 3 is 2.53 bits per heavy atom. The zero-order chi connectivity index (χ0) is 11.3. The third-order valence-electron chi connectivity index (χ3n) is 2.04. The van der Waals surface area contributed by atoms with Crippen LogP contribution in [0.15, 0.2) is 12.1 Å². The van der Waals surface area contributed by atoms with Gasteiger partial charge in [-0.05, 0) is 17.7 Å². The van der Waals surface area contributed by atoms with Gasteiger partial charge in [0.25, 0.3) is 0 Å². The standard InChI is InChI=1S/C10H14FNO3/c1-14-9-4-7(5-11)3-8(6-12-13)10(9)15-2/h3-4,12-13H,5-6H2,1-2H3. The molecule has 0 radical (unpaired) electrons. The van der Waals surface area contributed by atoms with E-state index in [1.54, 1.807) is 12.1 Å². The highest BCUT2D eigenvalue weighted by atomic mass is 19.1. The van der Waals surface area contributed by atoms with E-state index in [4.69, 9.17) is 14.7 Å². The molecule has 0 aromatic heterocycles. The van der Waals surface area contributed by atoms with Gasteiger partial charge >= 0.3 is 0 Å². The molecule has 2 N–H and O–H groups in total. The Balaban J connectivity index is 3.19. The molecule has 1 aromatic carbocycles. The molecule has 1 rings (SSSR count). The van der Waals surface area contributed by atoms with Crippen molar-refractivity contribution in [1.29, 1.82) is 0 Å². The second-order valence-electron chi connectivity index (χ2n) is 2.96. The lowest BCUT2D eigenvalue weighted by molar-refractivity contribution is 0.160. The fourth-order valence-corrected chi connectivity index (χ4v) is 1.40. The van der Waals surface area contributed by atoms with Crippen LogP contribution in [0, 0.1) is 0 Å². The van der Waals surface area contributed by atoms with E-state index >= 15 is 0 Å². The van der Waals surface area contributed by atoms with Gasteiger partial charge in [-0.1, -0.05) is 0 Å². The van der Waals surface area contributed by atoms with Gasteiger partial charge in [0.2, 0.25) is 0 Å². The predicted octanol–water partition coefficient (Wildman–Crippen LogP) is 1.65. The molecule has 0 bridgehead atoms. The number of hydrogen-bond donors (Lipinski definition) is 2. The molecule has 0 saturated heterocycles. The quantitative estimate of drug-likeness (QED) is 0.733. The Bertz CT molecular complexity index is 331. The third-order valence-corrected chi connectivity index (χ3v) is 2.04. The van der Waals surface area contributed by atoms with E-state index in [-0.39, 0.29) is 6.54 Å². The Morgan fingerprint density at radius 1 is 1.33 bits per heavy atom. The molecule has 4 nitrogen and oxygen atoms in total.